The Morgan fingerprint density at radius 2 is 0.831 bits per heavy atom. The van der Waals surface area contributed by atoms with Crippen LogP contribution in [0.4, 0.5) is 43.8 Å². The summed E-state index contributed by atoms with van der Waals surface area (Å²) >= 11 is 0. The molecule has 5 aliphatic carbocycles. The number of carbonyl (C=O) groups is 6. The van der Waals surface area contributed by atoms with Crippen molar-refractivity contribution in [2.45, 2.75) is 187 Å². The van der Waals surface area contributed by atoms with Crippen molar-refractivity contribution in [2.24, 2.45) is 0 Å². The second kappa shape index (κ2) is 30.8. The van der Waals surface area contributed by atoms with Crippen molar-refractivity contribution in [2.75, 3.05) is 76.4 Å². The molecule has 0 bridgehead atoms. The Bertz CT molecular complexity index is 5980. The first-order chi connectivity index (χ1) is 59.2. The zero-order valence-corrected chi connectivity index (χ0v) is 70.7. The Labute approximate surface area is 716 Å². The number of hydrogen-bond acceptors (Lipinski definition) is 15. The Kier molecular flexibility index (Phi) is 20.6. The van der Waals surface area contributed by atoms with E-state index in [9.17, 15) is 55.1 Å². The van der Waals surface area contributed by atoms with Gasteiger partial charge < -0.3 is 30.7 Å². The van der Waals surface area contributed by atoms with Crippen molar-refractivity contribution in [3.8, 4) is 11.8 Å². The summed E-state index contributed by atoms with van der Waals surface area (Å²) < 4.78 is 85.9. The molecule has 2 saturated carbocycles. The van der Waals surface area contributed by atoms with Crippen molar-refractivity contribution < 1.29 is 55.1 Å². The number of benzene rings is 3. The van der Waals surface area contributed by atoms with E-state index in [-0.39, 0.29) is 48.5 Å². The number of rotatable bonds is 11. The molecule has 124 heavy (non-hydrogen) atoms. The molecule has 21 nitrogen and oxygen atoms in total. The van der Waals surface area contributed by atoms with Gasteiger partial charge in [0.25, 0.3) is 0 Å². The lowest BCUT2D eigenvalue weighted by Crippen LogP contribution is -2.70. The van der Waals surface area contributed by atoms with Crippen LogP contribution in [0, 0.1) is 46.7 Å². The van der Waals surface area contributed by atoms with Crippen LogP contribution in [0.5, 0.6) is 0 Å². The molecule has 5 fully saturated rings. The Balaban J connectivity index is 0.000000127. The Morgan fingerprint density at radius 3 is 1.29 bits per heavy atom. The van der Waals surface area contributed by atoms with Crippen LogP contribution in [0.2, 0.25) is 0 Å². The second-order valence-electron chi connectivity index (χ2n) is 37.0. The van der Waals surface area contributed by atoms with E-state index in [0.29, 0.717) is 117 Å². The number of amides is 6. The predicted molar refractivity (Wildman–Crippen MR) is 453 cm³/mol. The van der Waals surface area contributed by atoms with Gasteiger partial charge in [0.05, 0.1) is 44.9 Å². The number of carbonyl (C=O) groups excluding carboxylic acids is 6. The van der Waals surface area contributed by atoms with Crippen LogP contribution in [0.3, 0.4) is 0 Å². The summed E-state index contributed by atoms with van der Waals surface area (Å²) in [6.45, 7) is 11.5. The molecule has 0 unspecified atom stereocenters. The fourth-order valence-electron chi connectivity index (χ4n) is 22.1. The normalized spacial score (nSPS) is 25.9. The van der Waals surface area contributed by atoms with Gasteiger partial charge in [0.1, 0.15) is 63.4 Å². The lowest BCUT2D eigenvalue weighted by atomic mass is 9.79. The highest BCUT2D eigenvalue weighted by Gasteiger charge is 2.60. The second-order valence-corrected chi connectivity index (χ2v) is 37.0. The minimum Gasteiger partial charge on any atom is -0.330 e. The fraction of sp³-hybridized carbons (Fsp3) is 0.402. The summed E-state index contributed by atoms with van der Waals surface area (Å²) in [6, 6.07) is 28.1. The van der Waals surface area contributed by atoms with Gasteiger partial charge in [0.15, 0.2) is 0 Å². The third kappa shape index (κ3) is 13.7. The van der Waals surface area contributed by atoms with Crippen LogP contribution in [-0.4, -0.2) is 172 Å². The lowest BCUT2D eigenvalue weighted by molar-refractivity contribution is -0.163. The summed E-state index contributed by atoms with van der Waals surface area (Å²) in [6.07, 6.45) is 25.7. The maximum absolute atomic E-state index is 14.4. The molecular weight excluding hydrogens is 1590 g/mol. The van der Waals surface area contributed by atoms with Gasteiger partial charge in [-0.1, -0.05) is 73.9 Å². The fourth-order valence-corrected chi connectivity index (χ4v) is 22.1. The number of fused-ring (bicyclic) bond motifs is 9. The quantitative estimate of drug-likeness (QED) is 0.0807. The standard InChI is InChI=1S/C33H35F2N5O2.C33H31F2N5O2.C31H31F2N5O2/c2*1-31(23-14-24(34)16-25(35)15-23)20-39(2)33(9-3-4-10-33)30(42)40(31)12-6-7-21-13-22-17-32(18-27(22)37-19-21)26-8-5-11-36-28(26)38-29(32)41;1-29(2)28(40)38(30(3,18-37(29)4)21-12-22(32)14-23(33)13-21)10-6-7-19-11-20-15-31(16-25(20)35-17-19)24-8-5-9-34-26(24)36-27(31)39/h5,8,11,13-16,19H,3-4,6-7,9-10,12,17-18,20H2,1-2H3,(H,36,38,41);5,8,11,13-16,19H,3-4,9-10,12,17-18,20H2,1-2H3,(H,36,38,41);5-9,11-14,17H,10,15-16,18H2,1-4H3,(H,34,36,39)/b;;7-6+/t2*31-,32-;30-,31-/m000/s1. The average molecular weight is 1680 g/mol. The number of aromatic nitrogens is 6. The van der Waals surface area contributed by atoms with E-state index >= 15 is 0 Å². The van der Waals surface area contributed by atoms with E-state index in [2.05, 4.69) is 68.6 Å². The maximum Gasteiger partial charge on any atom is 0.244 e. The highest BCUT2D eigenvalue weighted by atomic mass is 19.2. The topological polar surface area (TPSA) is 235 Å². The molecule has 3 aromatic carbocycles. The number of hydrogen-bond donors (Lipinski definition) is 3. The third-order valence-electron chi connectivity index (χ3n) is 29.2. The van der Waals surface area contributed by atoms with Crippen LogP contribution < -0.4 is 16.0 Å². The molecule has 6 aliphatic heterocycles. The summed E-state index contributed by atoms with van der Waals surface area (Å²) in [5.41, 5.74) is 5.49. The van der Waals surface area contributed by atoms with Crippen molar-refractivity contribution in [3.63, 3.8) is 0 Å². The number of aryl methyl sites for hydroxylation is 1. The van der Waals surface area contributed by atoms with Crippen LogP contribution in [0.1, 0.15) is 176 Å². The molecule has 6 aromatic heterocycles. The molecule has 12 heterocycles. The molecule has 20 rings (SSSR count). The first kappa shape index (κ1) is 83.1. The van der Waals surface area contributed by atoms with E-state index in [1.807, 2.05) is 132 Å². The number of likely N-dealkylation sites (N-methyl/N-ethyl adjacent to an activating group) is 3. The van der Waals surface area contributed by atoms with Gasteiger partial charge in [-0.15, -0.1) is 0 Å². The third-order valence-corrected chi connectivity index (χ3v) is 29.2. The van der Waals surface area contributed by atoms with Gasteiger partial charge in [-0.2, -0.15) is 0 Å². The van der Waals surface area contributed by atoms with Gasteiger partial charge in [-0.25, -0.2) is 41.3 Å². The largest absolute Gasteiger partial charge is 0.330 e. The monoisotopic (exact) mass is 1680 g/mol. The van der Waals surface area contributed by atoms with E-state index < -0.39 is 84.4 Å². The Morgan fingerprint density at radius 1 is 0.435 bits per heavy atom. The molecule has 9 aromatic rings. The predicted octanol–water partition coefficient (Wildman–Crippen LogP) is 13.0. The van der Waals surface area contributed by atoms with E-state index in [4.69, 9.17) is 4.98 Å². The van der Waals surface area contributed by atoms with Gasteiger partial charge in [-0.05, 0) is 225 Å². The van der Waals surface area contributed by atoms with Gasteiger partial charge >= 0.3 is 0 Å². The van der Waals surface area contributed by atoms with Crippen molar-refractivity contribution in [1.82, 2.24) is 59.3 Å². The number of pyridine rings is 6. The molecule has 0 radical (unpaired) electrons. The summed E-state index contributed by atoms with van der Waals surface area (Å²) in [4.78, 5) is 120. The van der Waals surface area contributed by atoms with Crippen LogP contribution >= 0.6 is 0 Å². The summed E-state index contributed by atoms with van der Waals surface area (Å²) in [5.74, 6) is 3.92. The first-order valence-corrected chi connectivity index (χ1v) is 42.6. The SMILES string of the molecule is CN1C[C@@](C)(c2cc(F)cc(F)c2)N(C/C=C/c2cnc3c(c2)C[C@@]2(C3)C(=O)Nc3ncccc32)C(=O)C1(C)C.CN1C[C@@](C)(c2cc(F)cc(F)c2)N(CC#Cc2cnc3c(c2)C[C@@]2(C3)C(=O)Nc3ncccc32)C(=O)C12CCCC2.CN1C[C@@](C)(c2cc(F)cc(F)c2)N(CCCc2cnc3c(c2)C[C@@]2(C3)C(=O)Nc3ncccc32)C(=O)C12CCCC2. The van der Waals surface area contributed by atoms with Crippen molar-refractivity contribution in [3.05, 3.63) is 271 Å². The molecule has 3 saturated heterocycles. The van der Waals surface area contributed by atoms with Crippen molar-refractivity contribution in [1.29, 1.82) is 0 Å². The van der Waals surface area contributed by atoms with Crippen LogP contribution in [0.25, 0.3) is 6.08 Å². The number of halogens is 6. The molecule has 5 spiro atoms. The van der Waals surface area contributed by atoms with Gasteiger partial charge in [0, 0.05) is 147 Å². The minimum absolute atomic E-state index is 0.0294. The molecule has 6 amide bonds. The molecule has 3 N–H and O–H groups in total. The lowest BCUT2D eigenvalue weighted by Gasteiger charge is -2.56. The summed E-state index contributed by atoms with van der Waals surface area (Å²) in [5, 5.41) is 8.77. The minimum atomic E-state index is -0.975. The zero-order chi connectivity index (χ0) is 87.0. The number of anilines is 3. The first-order valence-electron chi connectivity index (χ1n) is 42.6. The molecule has 11 aliphatic rings. The summed E-state index contributed by atoms with van der Waals surface area (Å²) in [7, 11) is 5.75. The van der Waals surface area contributed by atoms with Crippen molar-refractivity contribution >= 4 is 59.0 Å². The number of piperazine rings is 3. The van der Waals surface area contributed by atoms with Gasteiger partial charge in [0.2, 0.25) is 35.4 Å². The van der Waals surface area contributed by atoms with E-state index in [0.717, 1.165) is 131 Å². The van der Waals surface area contributed by atoms with Crippen LogP contribution in [-0.2, 0) is 107 Å². The molecule has 27 heteroatoms. The highest BCUT2D eigenvalue weighted by Crippen LogP contribution is 2.53. The smallest absolute Gasteiger partial charge is 0.244 e. The Hall–Kier alpha value is -11.9. The number of nitrogens with zero attached hydrogens (tertiary/aromatic N) is 12. The van der Waals surface area contributed by atoms with Crippen LogP contribution in [0.15, 0.2) is 152 Å². The van der Waals surface area contributed by atoms with Gasteiger partial charge in [-0.3, -0.25) is 58.4 Å². The van der Waals surface area contributed by atoms with E-state index in [1.165, 1.54) is 36.4 Å². The maximum atomic E-state index is 14.4. The highest BCUT2D eigenvalue weighted by molar-refractivity contribution is 6.08. The average Bonchev–Trinajstić information content (AvgIpc) is 1.61. The zero-order valence-electron chi connectivity index (χ0n) is 70.7. The number of nitrogens with one attached hydrogen (secondary N) is 3. The molecule has 6 atom stereocenters. The molecule has 638 valence electrons. The van der Waals surface area contributed by atoms with E-state index in [1.54, 1.807) is 40.8 Å². The molecular formula is C97H97F6N15O6.